The Labute approximate surface area is 185 Å². The fraction of sp³-hybridized carbons (Fsp3) is 0.391. The predicted molar refractivity (Wildman–Crippen MR) is 120 cm³/mol. The largest absolute Gasteiger partial charge is 0.361 e. The van der Waals surface area contributed by atoms with Gasteiger partial charge in [-0.25, -0.2) is 0 Å². The Morgan fingerprint density at radius 3 is 2.33 bits per heavy atom. The molecule has 1 fully saturated rings. The third-order valence-electron chi connectivity index (χ3n) is 5.97. The molecule has 6 nitrogen and oxygen atoms in total. The average molecular weight is 471 g/mol. The first-order valence-electron chi connectivity index (χ1n) is 10.2. The van der Waals surface area contributed by atoms with Gasteiger partial charge in [0.1, 0.15) is 5.76 Å². The van der Waals surface area contributed by atoms with E-state index >= 15 is 0 Å². The molecule has 7 heteroatoms. The number of rotatable bonds is 4. The van der Waals surface area contributed by atoms with E-state index in [1.807, 2.05) is 50.8 Å². The van der Waals surface area contributed by atoms with Crippen molar-refractivity contribution < 1.29 is 9.32 Å². The standard InChI is InChI=1S/C23H27BrN4O2/c1-15-13-21(17(3)28(15)20-7-5-19(24)6-8-20)23(29)27-11-9-26(10-12-27)14-22-16(2)25-30-18(22)4/h5-8,13H,9-12,14H2,1-4H3. The van der Waals surface area contributed by atoms with Crippen LogP contribution in [0.5, 0.6) is 0 Å². The minimum atomic E-state index is 0.114. The van der Waals surface area contributed by atoms with Crippen molar-refractivity contribution in [2.24, 2.45) is 0 Å². The number of halogens is 1. The first-order valence-corrected chi connectivity index (χ1v) is 11.0. The summed E-state index contributed by atoms with van der Waals surface area (Å²) in [6.07, 6.45) is 0. The molecule has 1 saturated heterocycles. The second-order valence-electron chi connectivity index (χ2n) is 7.97. The quantitative estimate of drug-likeness (QED) is 0.566. The molecule has 0 atom stereocenters. The highest BCUT2D eigenvalue weighted by atomic mass is 79.9. The third kappa shape index (κ3) is 3.96. The Morgan fingerprint density at radius 1 is 1.07 bits per heavy atom. The number of aromatic nitrogens is 2. The Kier molecular flexibility index (Phi) is 5.84. The van der Waals surface area contributed by atoms with Crippen LogP contribution in [-0.4, -0.2) is 51.6 Å². The van der Waals surface area contributed by atoms with Gasteiger partial charge in [-0.15, -0.1) is 0 Å². The normalized spacial score (nSPS) is 15.0. The molecule has 0 spiro atoms. The minimum absolute atomic E-state index is 0.114. The smallest absolute Gasteiger partial charge is 0.255 e. The third-order valence-corrected chi connectivity index (χ3v) is 6.50. The fourth-order valence-electron chi connectivity index (χ4n) is 4.20. The monoisotopic (exact) mass is 470 g/mol. The van der Waals surface area contributed by atoms with Crippen molar-refractivity contribution in [3.8, 4) is 5.69 Å². The molecule has 4 rings (SSSR count). The Bertz CT molecular complexity index is 1040. The summed E-state index contributed by atoms with van der Waals surface area (Å²) in [5, 5.41) is 4.04. The van der Waals surface area contributed by atoms with Crippen LogP contribution in [0.1, 0.15) is 38.8 Å². The maximum atomic E-state index is 13.3. The molecule has 1 aromatic carbocycles. The van der Waals surface area contributed by atoms with Crippen molar-refractivity contribution in [1.29, 1.82) is 0 Å². The van der Waals surface area contributed by atoms with Crippen molar-refractivity contribution in [3.05, 3.63) is 68.8 Å². The highest BCUT2D eigenvalue weighted by molar-refractivity contribution is 9.10. The summed E-state index contributed by atoms with van der Waals surface area (Å²) in [4.78, 5) is 17.6. The summed E-state index contributed by atoms with van der Waals surface area (Å²) < 4.78 is 8.46. The summed E-state index contributed by atoms with van der Waals surface area (Å²) in [5.74, 6) is 0.995. The van der Waals surface area contributed by atoms with Crippen LogP contribution in [0, 0.1) is 27.7 Å². The fourth-order valence-corrected chi connectivity index (χ4v) is 4.46. The van der Waals surface area contributed by atoms with Crippen LogP contribution in [0.4, 0.5) is 0 Å². The van der Waals surface area contributed by atoms with E-state index in [-0.39, 0.29) is 5.91 Å². The van der Waals surface area contributed by atoms with E-state index in [0.717, 1.165) is 76.9 Å². The molecule has 30 heavy (non-hydrogen) atoms. The molecule has 1 aliphatic rings. The van der Waals surface area contributed by atoms with E-state index in [4.69, 9.17) is 4.52 Å². The Morgan fingerprint density at radius 2 is 1.73 bits per heavy atom. The number of hydrogen-bond acceptors (Lipinski definition) is 4. The lowest BCUT2D eigenvalue weighted by Gasteiger charge is -2.34. The zero-order valence-corrected chi connectivity index (χ0v) is 19.5. The topological polar surface area (TPSA) is 54.5 Å². The summed E-state index contributed by atoms with van der Waals surface area (Å²) >= 11 is 3.48. The Hall–Kier alpha value is -2.38. The summed E-state index contributed by atoms with van der Waals surface area (Å²) in [5.41, 5.74) is 6.01. The molecule has 0 bridgehead atoms. The van der Waals surface area contributed by atoms with Gasteiger partial charge in [0.15, 0.2) is 0 Å². The molecule has 0 radical (unpaired) electrons. The summed E-state index contributed by atoms with van der Waals surface area (Å²) in [7, 11) is 0. The number of amides is 1. The van der Waals surface area contributed by atoms with Crippen LogP contribution in [0.3, 0.4) is 0 Å². The second kappa shape index (κ2) is 8.40. The number of piperazine rings is 1. The molecule has 158 valence electrons. The van der Waals surface area contributed by atoms with Gasteiger partial charge in [0.2, 0.25) is 0 Å². The lowest BCUT2D eigenvalue weighted by Crippen LogP contribution is -2.48. The minimum Gasteiger partial charge on any atom is -0.361 e. The van der Waals surface area contributed by atoms with Gasteiger partial charge in [-0.3, -0.25) is 9.69 Å². The maximum absolute atomic E-state index is 13.3. The van der Waals surface area contributed by atoms with E-state index in [9.17, 15) is 4.79 Å². The van der Waals surface area contributed by atoms with Gasteiger partial charge >= 0.3 is 0 Å². The molecule has 0 aliphatic carbocycles. The SMILES string of the molecule is Cc1noc(C)c1CN1CCN(C(=O)c2cc(C)n(-c3ccc(Br)cc3)c2C)CC1. The molecule has 1 aliphatic heterocycles. The molecule has 0 N–H and O–H groups in total. The zero-order chi connectivity index (χ0) is 21.4. The summed E-state index contributed by atoms with van der Waals surface area (Å²) in [6.45, 7) is 12.0. The average Bonchev–Trinajstić information content (AvgIpc) is 3.21. The van der Waals surface area contributed by atoms with Gasteiger partial charge in [0.25, 0.3) is 5.91 Å². The number of aryl methyl sites for hydroxylation is 3. The maximum Gasteiger partial charge on any atom is 0.255 e. The van der Waals surface area contributed by atoms with E-state index in [1.165, 1.54) is 0 Å². The molecular formula is C23H27BrN4O2. The van der Waals surface area contributed by atoms with Gasteiger partial charge in [-0.2, -0.15) is 0 Å². The van der Waals surface area contributed by atoms with Crippen molar-refractivity contribution in [3.63, 3.8) is 0 Å². The molecule has 0 unspecified atom stereocenters. The van der Waals surface area contributed by atoms with Crippen LogP contribution in [0.2, 0.25) is 0 Å². The predicted octanol–water partition coefficient (Wildman–Crippen LogP) is 4.42. The van der Waals surface area contributed by atoms with Crippen LogP contribution >= 0.6 is 15.9 Å². The van der Waals surface area contributed by atoms with E-state index < -0.39 is 0 Å². The van der Waals surface area contributed by atoms with Crippen molar-refractivity contribution in [2.75, 3.05) is 26.2 Å². The van der Waals surface area contributed by atoms with Crippen molar-refractivity contribution >= 4 is 21.8 Å². The molecule has 3 heterocycles. The van der Waals surface area contributed by atoms with Gasteiger partial charge in [-0.1, -0.05) is 21.1 Å². The highest BCUT2D eigenvalue weighted by Crippen LogP contribution is 2.24. The van der Waals surface area contributed by atoms with Gasteiger partial charge in [0, 0.05) is 59.8 Å². The zero-order valence-electron chi connectivity index (χ0n) is 17.9. The highest BCUT2D eigenvalue weighted by Gasteiger charge is 2.26. The lowest BCUT2D eigenvalue weighted by atomic mass is 10.1. The van der Waals surface area contributed by atoms with Gasteiger partial charge in [-0.05, 0) is 58.0 Å². The van der Waals surface area contributed by atoms with E-state index in [1.54, 1.807) is 0 Å². The number of carbonyl (C=O) groups is 1. The van der Waals surface area contributed by atoms with Gasteiger partial charge < -0.3 is 14.0 Å². The molecule has 2 aromatic heterocycles. The lowest BCUT2D eigenvalue weighted by molar-refractivity contribution is 0.0627. The first kappa shape index (κ1) is 20.9. The number of carbonyl (C=O) groups excluding carboxylic acids is 1. The molecular weight excluding hydrogens is 444 g/mol. The van der Waals surface area contributed by atoms with Crippen molar-refractivity contribution in [1.82, 2.24) is 19.5 Å². The van der Waals surface area contributed by atoms with Crippen LogP contribution < -0.4 is 0 Å². The second-order valence-corrected chi connectivity index (χ2v) is 8.88. The van der Waals surface area contributed by atoms with E-state index in [2.05, 4.69) is 42.7 Å². The number of nitrogens with zero attached hydrogens (tertiary/aromatic N) is 4. The molecule has 1 amide bonds. The number of benzene rings is 1. The van der Waals surface area contributed by atoms with E-state index in [0.29, 0.717) is 0 Å². The molecule has 0 saturated carbocycles. The molecule has 3 aromatic rings. The number of hydrogen-bond donors (Lipinski definition) is 0. The van der Waals surface area contributed by atoms with Crippen LogP contribution in [0.15, 0.2) is 39.3 Å². The van der Waals surface area contributed by atoms with Crippen LogP contribution in [-0.2, 0) is 6.54 Å². The first-order chi connectivity index (χ1) is 14.3. The van der Waals surface area contributed by atoms with Crippen molar-refractivity contribution in [2.45, 2.75) is 34.2 Å². The van der Waals surface area contributed by atoms with Crippen LogP contribution in [0.25, 0.3) is 5.69 Å². The summed E-state index contributed by atoms with van der Waals surface area (Å²) in [6, 6.07) is 10.2. The van der Waals surface area contributed by atoms with Gasteiger partial charge in [0.05, 0.1) is 11.3 Å². The Balaban J connectivity index is 1.46.